The van der Waals surface area contributed by atoms with Gasteiger partial charge < -0.3 is 13.7 Å². The fourth-order valence-electron chi connectivity index (χ4n) is 8.58. The van der Waals surface area contributed by atoms with Gasteiger partial charge in [-0.1, -0.05) is 126 Å². The normalized spacial score (nSPS) is 12.9. The molecule has 0 saturated carbocycles. The highest BCUT2D eigenvalue weighted by atomic mass is 15.1. The lowest BCUT2D eigenvalue weighted by atomic mass is 9.86. The summed E-state index contributed by atoms with van der Waals surface area (Å²) < 4.78 is 5.07. The Kier molecular flexibility index (Phi) is 6.11. The fraction of sp³-hybridized carbons (Fsp3) is 0.167. The lowest BCUT2D eigenvalue weighted by Gasteiger charge is -2.28. The van der Waals surface area contributed by atoms with Crippen LogP contribution in [-0.2, 0) is 10.8 Å². The molecule has 0 N–H and O–H groups in total. The van der Waals surface area contributed by atoms with Crippen LogP contribution < -0.4 is 4.90 Å². The zero-order chi connectivity index (χ0) is 34.8. The van der Waals surface area contributed by atoms with E-state index >= 15 is 0 Å². The first-order valence-electron chi connectivity index (χ1n) is 18.1. The Bertz CT molecular complexity index is 2900. The first-order valence-corrected chi connectivity index (χ1v) is 18.1. The molecule has 0 aliphatic rings. The quantitative estimate of drug-likeness (QED) is 0.172. The first kappa shape index (κ1) is 30.1. The average Bonchev–Trinajstić information content (AvgIpc) is 3.66. The van der Waals surface area contributed by atoms with Crippen molar-refractivity contribution in [3.05, 3.63) is 151 Å². The SMILES string of the molecule is CC(C)(C)c1ccc(N(c2ccc(C(C)(C)C)cc2)c2ccc3c(c2)n2c4ccccc4c4c5ccccc5c5c6ccccc6n3c5c42)cc1. The summed E-state index contributed by atoms with van der Waals surface area (Å²) in [5.41, 5.74) is 13.6. The average molecular weight is 660 g/mol. The van der Waals surface area contributed by atoms with Gasteiger partial charge in [-0.15, -0.1) is 0 Å². The molecule has 3 aromatic heterocycles. The van der Waals surface area contributed by atoms with Gasteiger partial charge in [-0.2, -0.15) is 0 Å². The highest BCUT2D eigenvalue weighted by Crippen LogP contribution is 2.47. The Labute approximate surface area is 298 Å². The van der Waals surface area contributed by atoms with E-state index in [1.165, 1.54) is 76.5 Å². The summed E-state index contributed by atoms with van der Waals surface area (Å²) in [5.74, 6) is 0. The van der Waals surface area contributed by atoms with Gasteiger partial charge in [-0.25, -0.2) is 0 Å². The first-order chi connectivity index (χ1) is 24.6. The number of aromatic nitrogens is 2. The molecular formula is C48H41N3. The molecule has 0 fully saturated rings. The van der Waals surface area contributed by atoms with Gasteiger partial charge in [0.05, 0.1) is 33.1 Å². The van der Waals surface area contributed by atoms with Gasteiger partial charge in [-0.05, 0) is 87.3 Å². The lowest BCUT2D eigenvalue weighted by Crippen LogP contribution is -2.14. The molecule has 248 valence electrons. The minimum atomic E-state index is 0.0762. The number of hydrogen-bond donors (Lipinski definition) is 0. The number of anilines is 3. The van der Waals surface area contributed by atoms with Crippen LogP contribution in [-0.4, -0.2) is 8.80 Å². The van der Waals surface area contributed by atoms with E-state index in [4.69, 9.17) is 0 Å². The Hall–Kier alpha value is -5.80. The van der Waals surface area contributed by atoms with E-state index in [0.29, 0.717) is 0 Å². The molecule has 0 amide bonds. The van der Waals surface area contributed by atoms with Gasteiger partial charge in [0.15, 0.2) is 0 Å². The van der Waals surface area contributed by atoms with E-state index in [9.17, 15) is 0 Å². The number of rotatable bonds is 3. The summed E-state index contributed by atoms with van der Waals surface area (Å²) >= 11 is 0. The lowest BCUT2D eigenvalue weighted by molar-refractivity contribution is 0.590. The molecule has 3 nitrogen and oxygen atoms in total. The van der Waals surface area contributed by atoms with E-state index in [1.54, 1.807) is 0 Å². The van der Waals surface area contributed by atoms with E-state index < -0.39 is 0 Å². The second-order valence-corrected chi connectivity index (χ2v) is 16.3. The molecule has 0 unspecified atom stereocenters. The number of para-hydroxylation sites is 2. The van der Waals surface area contributed by atoms with E-state index in [1.807, 2.05) is 0 Å². The van der Waals surface area contributed by atoms with Gasteiger partial charge in [0.25, 0.3) is 0 Å². The van der Waals surface area contributed by atoms with Crippen LogP contribution in [0.5, 0.6) is 0 Å². The highest BCUT2D eigenvalue weighted by Gasteiger charge is 2.26. The van der Waals surface area contributed by atoms with Gasteiger partial charge in [0.2, 0.25) is 0 Å². The largest absolute Gasteiger partial charge is 0.310 e. The van der Waals surface area contributed by atoms with E-state index in [2.05, 4.69) is 195 Å². The molecular weight excluding hydrogens is 619 g/mol. The molecule has 0 radical (unpaired) electrons. The van der Waals surface area contributed by atoms with Gasteiger partial charge in [-0.3, -0.25) is 0 Å². The van der Waals surface area contributed by atoms with Crippen molar-refractivity contribution in [2.24, 2.45) is 0 Å². The van der Waals surface area contributed by atoms with Crippen LogP contribution in [0, 0.1) is 0 Å². The molecule has 10 rings (SSSR count). The number of fused-ring (bicyclic) bond motifs is 12. The topological polar surface area (TPSA) is 12.1 Å². The Morgan fingerprint density at radius 1 is 0.373 bits per heavy atom. The van der Waals surface area contributed by atoms with Crippen molar-refractivity contribution in [3.8, 4) is 0 Å². The highest BCUT2D eigenvalue weighted by molar-refractivity contribution is 6.37. The van der Waals surface area contributed by atoms with E-state index in [0.717, 1.165) is 17.1 Å². The van der Waals surface area contributed by atoms with Crippen molar-refractivity contribution in [1.29, 1.82) is 0 Å². The monoisotopic (exact) mass is 659 g/mol. The van der Waals surface area contributed by atoms with Crippen molar-refractivity contribution in [2.45, 2.75) is 52.4 Å². The molecule has 0 bridgehead atoms. The molecule has 51 heavy (non-hydrogen) atoms. The maximum Gasteiger partial charge on any atom is 0.0796 e. The third-order valence-corrected chi connectivity index (χ3v) is 11.1. The minimum absolute atomic E-state index is 0.0762. The van der Waals surface area contributed by atoms with Crippen molar-refractivity contribution < 1.29 is 0 Å². The summed E-state index contributed by atoms with van der Waals surface area (Å²) in [4.78, 5) is 2.42. The van der Waals surface area contributed by atoms with Crippen molar-refractivity contribution in [1.82, 2.24) is 8.80 Å². The minimum Gasteiger partial charge on any atom is -0.310 e. The molecule has 0 spiro atoms. The number of hydrogen-bond acceptors (Lipinski definition) is 1. The number of benzene rings is 7. The third-order valence-electron chi connectivity index (χ3n) is 11.1. The van der Waals surface area contributed by atoms with Crippen LogP contribution in [0.1, 0.15) is 52.7 Å². The fourth-order valence-corrected chi connectivity index (χ4v) is 8.58. The predicted molar refractivity (Wildman–Crippen MR) is 219 cm³/mol. The molecule has 7 aromatic carbocycles. The molecule has 10 aromatic rings. The smallest absolute Gasteiger partial charge is 0.0796 e. The molecule has 0 saturated heterocycles. The summed E-state index contributed by atoms with van der Waals surface area (Å²) in [7, 11) is 0. The zero-order valence-electron chi connectivity index (χ0n) is 30.1. The number of nitrogens with zero attached hydrogens (tertiary/aromatic N) is 3. The van der Waals surface area contributed by atoms with E-state index in [-0.39, 0.29) is 10.8 Å². The van der Waals surface area contributed by atoms with Gasteiger partial charge >= 0.3 is 0 Å². The van der Waals surface area contributed by atoms with Crippen molar-refractivity contribution >= 4 is 82.5 Å². The van der Waals surface area contributed by atoms with Crippen molar-refractivity contribution in [2.75, 3.05) is 4.90 Å². The second kappa shape index (κ2) is 10.4. The van der Waals surface area contributed by atoms with Gasteiger partial charge in [0.1, 0.15) is 0 Å². The summed E-state index contributed by atoms with van der Waals surface area (Å²) in [6.45, 7) is 13.7. The summed E-state index contributed by atoms with van der Waals surface area (Å²) in [6, 6.07) is 52.2. The molecule has 3 heteroatoms. The van der Waals surface area contributed by atoms with Crippen LogP contribution in [0.2, 0.25) is 0 Å². The molecule has 0 atom stereocenters. The maximum atomic E-state index is 2.54. The predicted octanol–water partition coefficient (Wildman–Crippen LogP) is 13.5. The third kappa shape index (κ3) is 4.24. The molecule has 0 aliphatic heterocycles. The van der Waals surface area contributed by atoms with Crippen molar-refractivity contribution in [3.63, 3.8) is 0 Å². The second-order valence-electron chi connectivity index (χ2n) is 16.3. The summed E-state index contributed by atoms with van der Waals surface area (Å²) in [5, 5.41) is 7.83. The standard InChI is InChI=1S/C48H41N3/c1-47(2,3)30-19-23-32(24-20-30)49(33-25-21-31(22-26-33)48(4,5)6)34-27-28-41-42(29-34)51-40-18-12-10-16-38(40)44-36-14-8-7-13-35(36)43-37-15-9-11-17-39(37)50(41)45(43)46(44)51/h7-29H,1-6H3. The molecule has 3 heterocycles. The maximum absolute atomic E-state index is 2.54. The van der Waals surface area contributed by atoms with Crippen LogP contribution in [0.4, 0.5) is 17.1 Å². The zero-order valence-corrected chi connectivity index (χ0v) is 30.1. The Morgan fingerprint density at radius 3 is 1.22 bits per heavy atom. The summed E-state index contributed by atoms with van der Waals surface area (Å²) in [6.07, 6.45) is 0. The molecule has 0 aliphatic carbocycles. The van der Waals surface area contributed by atoms with Crippen LogP contribution in [0.3, 0.4) is 0 Å². The Morgan fingerprint density at radius 2 is 0.765 bits per heavy atom. The van der Waals surface area contributed by atoms with Crippen LogP contribution in [0.25, 0.3) is 65.4 Å². The Balaban J connectivity index is 1.34. The van der Waals surface area contributed by atoms with Crippen LogP contribution in [0.15, 0.2) is 140 Å². The van der Waals surface area contributed by atoms with Gasteiger partial charge in [0, 0.05) is 38.6 Å². The van der Waals surface area contributed by atoms with Crippen LogP contribution >= 0.6 is 0 Å².